The molecule has 4 nitrogen and oxygen atoms in total. The number of nitrogen functional groups attached to an aromatic ring is 1. The highest BCUT2D eigenvalue weighted by atomic mass is 19.1. The Morgan fingerprint density at radius 2 is 2.17 bits per heavy atom. The molecule has 2 N–H and O–H groups in total. The zero-order valence-electron chi connectivity index (χ0n) is 13.3. The second kappa shape index (κ2) is 6.33. The van der Waals surface area contributed by atoms with Gasteiger partial charge in [-0.2, -0.15) is 5.26 Å². The summed E-state index contributed by atoms with van der Waals surface area (Å²) in [6.07, 6.45) is 2.31. The van der Waals surface area contributed by atoms with Crippen molar-refractivity contribution in [2.45, 2.75) is 26.3 Å². The van der Waals surface area contributed by atoms with E-state index in [4.69, 9.17) is 5.73 Å². The first-order valence-electron chi connectivity index (χ1n) is 7.97. The van der Waals surface area contributed by atoms with Gasteiger partial charge in [0.25, 0.3) is 0 Å². The minimum atomic E-state index is -0.262. The summed E-state index contributed by atoms with van der Waals surface area (Å²) >= 11 is 0. The molecule has 2 aromatic rings. The van der Waals surface area contributed by atoms with E-state index >= 15 is 0 Å². The van der Waals surface area contributed by atoms with Crippen LogP contribution in [0.15, 0.2) is 30.3 Å². The van der Waals surface area contributed by atoms with Gasteiger partial charge in [0.05, 0.1) is 12.2 Å². The number of piperidine rings is 1. The molecule has 120 valence electrons. The molecule has 0 aliphatic carbocycles. The van der Waals surface area contributed by atoms with Crippen molar-refractivity contribution < 1.29 is 4.39 Å². The van der Waals surface area contributed by atoms with Gasteiger partial charge in [0.1, 0.15) is 23.4 Å². The number of nitrogens with two attached hydrogens (primary N) is 1. The van der Waals surface area contributed by atoms with Crippen molar-refractivity contribution in [2.24, 2.45) is 5.92 Å². The molecule has 1 saturated heterocycles. The summed E-state index contributed by atoms with van der Waals surface area (Å²) in [4.78, 5) is 2.23. The minimum Gasteiger partial charge on any atom is -0.396 e. The SMILES string of the molecule is CC1CCCN(c2c(N)cc(C#N)n2Cc2ccccc2F)C1. The Bertz CT molecular complexity index is 744. The number of anilines is 2. The number of benzene rings is 1. The molecule has 1 atom stereocenters. The zero-order chi connectivity index (χ0) is 16.4. The Morgan fingerprint density at radius 3 is 2.87 bits per heavy atom. The van der Waals surface area contributed by atoms with Gasteiger partial charge in [0.2, 0.25) is 0 Å². The van der Waals surface area contributed by atoms with Gasteiger partial charge < -0.3 is 15.2 Å². The van der Waals surface area contributed by atoms with Crippen LogP contribution < -0.4 is 10.6 Å². The third-order valence-electron chi connectivity index (χ3n) is 4.45. The summed E-state index contributed by atoms with van der Waals surface area (Å²) in [5, 5.41) is 9.42. The quantitative estimate of drug-likeness (QED) is 0.945. The fourth-order valence-electron chi connectivity index (χ4n) is 3.34. The van der Waals surface area contributed by atoms with Crippen LogP contribution in [0, 0.1) is 23.1 Å². The van der Waals surface area contributed by atoms with Crippen LogP contribution in [0.1, 0.15) is 31.0 Å². The van der Waals surface area contributed by atoms with Crippen molar-refractivity contribution in [3.8, 4) is 6.07 Å². The molecule has 0 saturated carbocycles. The van der Waals surface area contributed by atoms with Crippen molar-refractivity contribution in [3.63, 3.8) is 0 Å². The standard InChI is InChI=1S/C18H21FN4/c1-13-5-4-8-22(11-13)18-17(21)9-15(10-20)23(18)12-14-6-2-3-7-16(14)19/h2-3,6-7,9,13H,4-5,8,11-12,21H2,1H3. The average molecular weight is 312 g/mol. The summed E-state index contributed by atoms with van der Waals surface area (Å²) < 4.78 is 15.9. The van der Waals surface area contributed by atoms with E-state index in [2.05, 4.69) is 17.9 Å². The first-order chi connectivity index (χ1) is 11.1. The first-order valence-corrected chi connectivity index (χ1v) is 7.97. The highest BCUT2D eigenvalue weighted by Crippen LogP contribution is 2.32. The van der Waals surface area contributed by atoms with Crippen LogP contribution >= 0.6 is 0 Å². The lowest BCUT2D eigenvalue weighted by atomic mass is 10.0. The van der Waals surface area contributed by atoms with E-state index in [1.807, 2.05) is 4.57 Å². The largest absolute Gasteiger partial charge is 0.396 e. The van der Waals surface area contributed by atoms with Gasteiger partial charge in [-0.15, -0.1) is 0 Å². The molecule has 1 unspecified atom stereocenters. The molecule has 3 rings (SSSR count). The number of aromatic nitrogens is 1. The maximum absolute atomic E-state index is 14.0. The molecule has 23 heavy (non-hydrogen) atoms. The molecule has 0 radical (unpaired) electrons. The molecule has 1 fully saturated rings. The minimum absolute atomic E-state index is 0.262. The highest BCUT2D eigenvalue weighted by molar-refractivity contribution is 5.68. The van der Waals surface area contributed by atoms with Crippen molar-refractivity contribution >= 4 is 11.5 Å². The predicted molar refractivity (Wildman–Crippen MR) is 89.7 cm³/mol. The number of nitrogens with zero attached hydrogens (tertiary/aromatic N) is 3. The van der Waals surface area contributed by atoms with Gasteiger partial charge in [0, 0.05) is 18.7 Å². The van der Waals surface area contributed by atoms with Crippen molar-refractivity contribution in [3.05, 3.63) is 47.4 Å². The van der Waals surface area contributed by atoms with Gasteiger partial charge in [-0.1, -0.05) is 25.1 Å². The molecule has 1 aliphatic heterocycles. The first kappa shape index (κ1) is 15.4. The fourth-order valence-corrected chi connectivity index (χ4v) is 3.34. The van der Waals surface area contributed by atoms with E-state index < -0.39 is 0 Å². The Kier molecular flexibility index (Phi) is 4.24. The summed E-state index contributed by atoms with van der Waals surface area (Å²) in [5.41, 5.74) is 7.80. The maximum Gasteiger partial charge on any atom is 0.133 e. The zero-order valence-corrected chi connectivity index (χ0v) is 13.3. The number of halogens is 1. The van der Waals surface area contributed by atoms with Crippen molar-refractivity contribution in [1.29, 1.82) is 5.26 Å². The van der Waals surface area contributed by atoms with E-state index in [1.165, 1.54) is 12.5 Å². The van der Waals surface area contributed by atoms with Gasteiger partial charge in [-0.3, -0.25) is 0 Å². The third-order valence-corrected chi connectivity index (χ3v) is 4.45. The van der Waals surface area contributed by atoms with Crippen molar-refractivity contribution in [1.82, 2.24) is 4.57 Å². The molecule has 1 aromatic carbocycles. The third kappa shape index (κ3) is 3.02. The normalized spacial score (nSPS) is 18.0. The van der Waals surface area contributed by atoms with Crippen LogP contribution in [0.3, 0.4) is 0 Å². The maximum atomic E-state index is 14.0. The Balaban J connectivity index is 2.01. The van der Waals surface area contributed by atoms with Gasteiger partial charge in [-0.25, -0.2) is 4.39 Å². The van der Waals surface area contributed by atoms with Crippen LogP contribution in [0.2, 0.25) is 0 Å². The monoisotopic (exact) mass is 312 g/mol. The molecule has 1 aliphatic rings. The average Bonchev–Trinajstić information content (AvgIpc) is 2.85. The van der Waals surface area contributed by atoms with Crippen LogP contribution in [-0.4, -0.2) is 17.7 Å². The predicted octanol–water partition coefficient (Wildman–Crippen LogP) is 3.37. The Morgan fingerprint density at radius 1 is 1.39 bits per heavy atom. The van der Waals surface area contributed by atoms with E-state index in [0.717, 1.165) is 25.3 Å². The lowest BCUT2D eigenvalue weighted by Gasteiger charge is -2.34. The topological polar surface area (TPSA) is 58.0 Å². The number of nitriles is 1. The number of hydrogen-bond acceptors (Lipinski definition) is 3. The molecule has 5 heteroatoms. The summed E-state index contributed by atoms with van der Waals surface area (Å²) in [7, 11) is 0. The number of rotatable bonds is 3. The smallest absolute Gasteiger partial charge is 0.133 e. The van der Waals surface area contributed by atoms with Crippen LogP contribution in [0.25, 0.3) is 0 Å². The van der Waals surface area contributed by atoms with Crippen LogP contribution in [-0.2, 0) is 6.54 Å². The molecule has 2 heterocycles. The van der Waals surface area contributed by atoms with E-state index in [0.29, 0.717) is 29.4 Å². The van der Waals surface area contributed by atoms with Crippen LogP contribution in [0.5, 0.6) is 0 Å². The van der Waals surface area contributed by atoms with E-state index in [9.17, 15) is 9.65 Å². The van der Waals surface area contributed by atoms with Gasteiger partial charge in [0.15, 0.2) is 0 Å². The second-order valence-electron chi connectivity index (χ2n) is 6.29. The highest BCUT2D eigenvalue weighted by Gasteiger charge is 2.24. The van der Waals surface area contributed by atoms with Gasteiger partial charge >= 0.3 is 0 Å². The Hall–Kier alpha value is -2.48. The summed E-state index contributed by atoms with van der Waals surface area (Å²) in [5.74, 6) is 1.17. The molecule has 0 spiro atoms. The van der Waals surface area contributed by atoms with Crippen molar-refractivity contribution in [2.75, 3.05) is 23.7 Å². The molecular formula is C18H21FN4. The van der Waals surface area contributed by atoms with E-state index in [-0.39, 0.29) is 5.82 Å². The lowest BCUT2D eigenvalue weighted by molar-refractivity contribution is 0.441. The number of hydrogen-bond donors (Lipinski definition) is 1. The Labute approximate surface area is 135 Å². The lowest BCUT2D eigenvalue weighted by Crippen LogP contribution is -2.36. The second-order valence-corrected chi connectivity index (χ2v) is 6.29. The van der Waals surface area contributed by atoms with Crippen LogP contribution in [0.4, 0.5) is 15.9 Å². The van der Waals surface area contributed by atoms with E-state index in [1.54, 1.807) is 24.3 Å². The molecule has 0 amide bonds. The summed E-state index contributed by atoms with van der Waals surface area (Å²) in [6, 6.07) is 10.5. The molecule has 0 bridgehead atoms. The molecular weight excluding hydrogens is 291 g/mol. The fraction of sp³-hybridized carbons (Fsp3) is 0.389. The van der Waals surface area contributed by atoms with Gasteiger partial charge in [-0.05, 0) is 30.9 Å². The summed E-state index contributed by atoms with van der Waals surface area (Å²) in [6.45, 7) is 4.36. The molecule has 1 aromatic heterocycles.